The van der Waals surface area contributed by atoms with Crippen molar-refractivity contribution in [3.05, 3.63) is 47.2 Å². The molecule has 32 heavy (non-hydrogen) atoms. The molecule has 0 aliphatic carbocycles. The first-order valence-corrected chi connectivity index (χ1v) is 11.8. The van der Waals surface area contributed by atoms with E-state index in [1.54, 1.807) is 19.2 Å². The van der Waals surface area contributed by atoms with Gasteiger partial charge in [-0.05, 0) is 36.6 Å². The third kappa shape index (κ3) is 4.42. The lowest BCUT2D eigenvalue weighted by molar-refractivity contribution is -0.137. The molecule has 2 aliphatic rings. The molecule has 1 saturated heterocycles. The molecule has 0 bridgehead atoms. The van der Waals surface area contributed by atoms with E-state index in [1.165, 1.54) is 10.4 Å². The van der Waals surface area contributed by atoms with Crippen LogP contribution < -0.4 is 10.2 Å². The number of carbonyl (C=O) groups excluding carboxylic acids is 1. The van der Waals surface area contributed by atoms with E-state index in [0.717, 1.165) is 43.5 Å². The number of halogens is 3. The van der Waals surface area contributed by atoms with Gasteiger partial charge in [0.2, 0.25) is 0 Å². The highest BCUT2D eigenvalue weighted by atomic mass is 32.3. The maximum Gasteiger partial charge on any atom is 0.417 e. The number of fused-ring (bicyclic) bond motifs is 1. The number of nitrogens with zero attached hydrogens (tertiary/aromatic N) is 3. The minimum atomic E-state index is -4.63. The van der Waals surface area contributed by atoms with Gasteiger partial charge in [0.15, 0.2) is 0 Å². The molecule has 3 N–H and O–H groups in total. The standard InChI is InChI=1S/C21H25F3N4O3S/c1-27-13-14-6-7-16(11-18(14)32(27,30)31)26-20(29)17-10-15(21(22,23)24)12-25-19(17)28-8-4-2-3-5-9-28/h6-7,10-12,30-31H,2-5,8-9,13H2,1H3,(H,26,29). The Labute approximate surface area is 185 Å². The Hall–Kier alpha value is -2.34. The predicted molar refractivity (Wildman–Crippen MR) is 117 cm³/mol. The number of hydrogen-bond acceptors (Lipinski definition) is 6. The van der Waals surface area contributed by atoms with Crippen molar-refractivity contribution >= 4 is 28.2 Å². The van der Waals surface area contributed by atoms with Crippen LogP contribution in [0.5, 0.6) is 0 Å². The highest BCUT2D eigenvalue weighted by molar-refractivity contribution is 8.22. The number of aromatic nitrogens is 1. The Morgan fingerprint density at radius 1 is 1.12 bits per heavy atom. The predicted octanol–water partition coefficient (Wildman–Crippen LogP) is 5.20. The first kappa shape index (κ1) is 22.8. The summed E-state index contributed by atoms with van der Waals surface area (Å²) < 4.78 is 62.1. The van der Waals surface area contributed by atoms with Gasteiger partial charge in [-0.2, -0.15) is 13.2 Å². The number of amides is 1. The maximum atomic E-state index is 13.3. The smallest absolute Gasteiger partial charge is 0.356 e. The molecule has 0 unspecified atom stereocenters. The normalized spacial score (nSPS) is 19.9. The van der Waals surface area contributed by atoms with Gasteiger partial charge in [0, 0.05) is 38.6 Å². The van der Waals surface area contributed by atoms with Gasteiger partial charge in [-0.3, -0.25) is 13.9 Å². The number of alkyl halides is 3. The molecular weight excluding hydrogens is 445 g/mol. The quantitative estimate of drug-likeness (QED) is 0.571. The van der Waals surface area contributed by atoms with Crippen LogP contribution in [0.2, 0.25) is 0 Å². The fourth-order valence-corrected chi connectivity index (χ4v) is 5.45. The molecule has 174 valence electrons. The lowest BCUT2D eigenvalue weighted by Crippen LogP contribution is -2.28. The van der Waals surface area contributed by atoms with E-state index in [1.807, 2.05) is 4.90 Å². The second-order valence-electron chi connectivity index (χ2n) is 8.08. The van der Waals surface area contributed by atoms with E-state index in [9.17, 15) is 27.1 Å². The summed E-state index contributed by atoms with van der Waals surface area (Å²) in [4.78, 5) is 19.3. The summed E-state index contributed by atoms with van der Waals surface area (Å²) in [6.45, 7) is 1.58. The van der Waals surface area contributed by atoms with E-state index >= 15 is 0 Å². The van der Waals surface area contributed by atoms with Crippen molar-refractivity contribution in [3.8, 4) is 0 Å². The number of nitrogens with one attached hydrogen (secondary N) is 1. The van der Waals surface area contributed by atoms with Gasteiger partial charge in [0.25, 0.3) is 5.91 Å². The van der Waals surface area contributed by atoms with E-state index in [4.69, 9.17) is 0 Å². The largest absolute Gasteiger partial charge is 0.417 e. The first-order chi connectivity index (χ1) is 15.1. The van der Waals surface area contributed by atoms with Gasteiger partial charge in [0.05, 0.1) is 16.0 Å². The minimum absolute atomic E-state index is 0.161. The Kier molecular flexibility index (Phi) is 6.10. The van der Waals surface area contributed by atoms with Gasteiger partial charge in [-0.1, -0.05) is 18.9 Å². The molecule has 3 heterocycles. The zero-order valence-electron chi connectivity index (χ0n) is 17.5. The third-order valence-electron chi connectivity index (χ3n) is 5.79. The summed E-state index contributed by atoms with van der Waals surface area (Å²) in [6, 6.07) is 5.55. The van der Waals surface area contributed by atoms with E-state index in [0.29, 0.717) is 24.5 Å². The molecule has 0 spiro atoms. The second kappa shape index (κ2) is 8.54. The Morgan fingerprint density at radius 2 is 1.81 bits per heavy atom. The second-order valence-corrected chi connectivity index (χ2v) is 10.2. The lowest BCUT2D eigenvalue weighted by Gasteiger charge is -2.34. The van der Waals surface area contributed by atoms with Crippen molar-refractivity contribution in [2.75, 3.05) is 30.4 Å². The van der Waals surface area contributed by atoms with Crippen LogP contribution in [0.4, 0.5) is 24.7 Å². The molecule has 2 aliphatic heterocycles. The fourth-order valence-electron chi connectivity index (χ4n) is 4.03. The summed E-state index contributed by atoms with van der Waals surface area (Å²) >= 11 is 0. The summed E-state index contributed by atoms with van der Waals surface area (Å²) in [5.74, 6) is -0.506. The molecule has 11 heteroatoms. The van der Waals surface area contributed by atoms with Gasteiger partial charge < -0.3 is 10.2 Å². The molecule has 4 rings (SSSR count). The zero-order valence-corrected chi connectivity index (χ0v) is 18.3. The summed E-state index contributed by atoms with van der Waals surface area (Å²) in [5, 5.41) is 2.61. The highest BCUT2D eigenvalue weighted by Crippen LogP contribution is 2.58. The Morgan fingerprint density at radius 3 is 2.47 bits per heavy atom. The monoisotopic (exact) mass is 470 g/mol. The van der Waals surface area contributed by atoms with Crippen LogP contribution in [0.15, 0.2) is 35.4 Å². The van der Waals surface area contributed by atoms with Crippen molar-refractivity contribution in [1.82, 2.24) is 9.29 Å². The molecule has 1 aromatic heterocycles. The van der Waals surface area contributed by atoms with Gasteiger partial charge in [-0.15, -0.1) is 10.8 Å². The van der Waals surface area contributed by atoms with Crippen molar-refractivity contribution in [3.63, 3.8) is 0 Å². The van der Waals surface area contributed by atoms with Crippen LogP contribution in [0.1, 0.15) is 47.2 Å². The molecular formula is C21H25F3N4O3S. The lowest BCUT2D eigenvalue weighted by atomic mass is 10.1. The van der Waals surface area contributed by atoms with Crippen molar-refractivity contribution < 1.29 is 27.1 Å². The molecule has 1 fully saturated rings. The average Bonchev–Trinajstić information content (AvgIpc) is 2.92. The number of pyridine rings is 1. The molecule has 7 nitrogen and oxygen atoms in total. The number of rotatable bonds is 3. The molecule has 1 amide bonds. The maximum absolute atomic E-state index is 13.3. The molecule has 0 radical (unpaired) electrons. The summed E-state index contributed by atoms with van der Waals surface area (Å²) in [7, 11) is -1.57. The third-order valence-corrected chi connectivity index (χ3v) is 7.76. The molecule has 0 saturated carbocycles. The van der Waals surface area contributed by atoms with E-state index < -0.39 is 28.4 Å². The van der Waals surface area contributed by atoms with Crippen LogP contribution in [0.25, 0.3) is 0 Å². The summed E-state index contributed by atoms with van der Waals surface area (Å²) in [5.41, 5.74) is -0.170. The zero-order chi connectivity index (χ0) is 23.1. The van der Waals surface area contributed by atoms with E-state index in [2.05, 4.69) is 10.3 Å². The number of anilines is 2. The number of hydrogen-bond donors (Lipinski definition) is 3. The van der Waals surface area contributed by atoms with Crippen LogP contribution >= 0.6 is 10.8 Å². The van der Waals surface area contributed by atoms with Crippen molar-refractivity contribution in [2.45, 2.75) is 43.3 Å². The van der Waals surface area contributed by atoms with Crippen LogP contribution in [0, 0.1) is 0 Å². The summed E-state index contributed by atoms with van der Waals surface area (Å²) in [6.07, 6.45) is -0.0745. The van der Waals surface area contributed by atoms with Crippen molar-refractivity contribution in [2.24, 2.45) is 0 Å². The van der Waals surface area contributed by atoms with Crippen LogP contribution in [-0.2, 0) is 12.7 Å². The van der Waals surface area contributed by atoms with Gasteiger partial charge in [0.1, 0.15) is 5.82 Å². The van der Waals surface area contributed by atoms with Gasteiger partial charge in [-0.25, -0.2) is 9.29 Å². The molecule has 1 aromatic carbocycles. The number of benzene rings is 1. The fraction of sp³-hybridized carbons (Fsp3) is 0.429. The van der Waals surface area contributed by atoms with Gasteiger partial charge >= 0.3 is 6.18 Å². The average molecular weight is 471 g/mol. The SMILES string of the molecule is CN1Cc2ccc(NC(=O)c3cc(C(F)(F)F)cnc3N3CCCCCC3)cc2S1(O)O. The Bertz CT molecular complexity index is 1020. The first-order valence-electron chi connectivity index (χ1n) is 10.3. The highest BCUT2D eigenvalue weighted by Gasteiger charge is 2.34. The topological polar surface area (TPSA) is 88.9 Å². The van der Waals surface area contributed by atoms with E-state index in [-0.39, 0.29) is 17.1 Å². The van der Waals surface area contributed by atoms with Crippen LogP contribution in [-0.4, -0.2) is 44.4 Å². The molecule has 2 aromatic rings. The van der Waals surface area contributed by atoms with Crippen LogP contribution in [0.3, 0.4) is 0 Å². The Balaban J connectivity index is 1.67. The van der Waals surface area contributed by atoms with Crippen molar-refractivity contribution in [1.29, 1.82) is 0 Å². The number of carbonyl (C=O) groups is 1. The minimum Gasteiger partial charge on any atom is -0.356 e. The molecule has 0 atom stereocenters.